The van der Waals surface area contributed by atoms with Crippen LogP contribution in [0.5, 0.6) is 0 Å². The number of benzene rings is 1. The summed E-state index contributed by atoms with van der Waals surface area (Å²) in [5.74, 6) is 0.0216. The van der Waals surface area contributed by atoms with Crippen molar-refractivity contribution in [3.63, 3.8) is 0 Å². The molecule has 22 heavy (non-hydrogen) atoms. The molecule has 0 spiro atoms. The van der Waals surface area contributed by atoms with Crippen LogP contribution in [-0.2, 0) is 11.2 Å². The van der Waals surface area contributed by atoms with Gasteiger partial charge in [-0.2, -0.15) is 0 Å². The fraction of sp³-hybridized carbons (Fsp3) is 0.412. The maximum absolute atomic E-state index is 11.9. The van der Waals surface area contributed by atoms with Gasteiger partial charge in [0.1, 0.15) is 5.01 Å². The third-order valence-corrected chi connectivity index (χ3v) is 4.38. The zero-order valence-corrected chi connectivity index (χ0v) is 14.0. The van der Waals surface area contributed by atoms with Crippen molar-refractivity contribution in [1.29, 1.82) is 0 Å². The first-order chi connectivity index (χ1) is 10.5. The summed E-state index contributed by atoms with van der Waals surface area (Å²) in [6.45, 7) is 6.17. The van der Waals surface area contributed by atoms with Gasteiger partial charge >= 0.3 is 0 Å². The van der Waals surface area contributed by atoms with E-state index in [4.69, 9.17) is 0 Å². The van der Waals surface area contributed by atoms with E-state index in [9.17, 15) is 9.90 Å². The Morgan fingerprint density at radius 1 is 1.41 bits per heavy atom. The Morgan fingerprint density at radius 2 is 2.18 bits per heavy atom. The molecule has 1 unspecified atom stereocenters. The summed E-state index contributed by atoms with van der Waals surface area (Å²) in [7, 11) is 0. The molecule has 0 aliphatic rings. The largest absolute Gasteiger partial charge is 0.391 e. The molecule has 2 N–H and O–H groups in total. The summed E-state index contributed by atoms with van der Waals surface area (Å²) in [6.07, 6.45) is -0.269. The van der Waals surface area contributed by atoms with E-state index in [2.05, 4.69) is 16.4 Å². The average Bonchev–Trinajstić information content (AvgIpc) is 2.93. The number of hydrogen-bond donors (Lipinski definition) is 2. The lowest BCUT2D eigenvalue weighted by molar-refractivity contribution is -0.121. The number of aliphatic hydroxyl groups excluding tert-OH is 1. The SMILES string of the molecule is Cc1cccc(-c2nc(CC(=O)NCC(O)C(C)C)cs2)c1. The number of aliphatic hydroxyl groups is 1. The Hall–Kier alpha value is -1.72. The first kappa shape index (κ1) is 16.6. The molecule has 1 amide bonds. The third kappa shape index (κ3) is 4.64. The molecule has 4 nitrogen and oxygen atoms in total. The molecule has 1 aromatic carbocycles. The summed E-state index contributed by atoms with van der Waals surface area (Å²) in [4.78, 5) is 16.4. The van der Waals surface area contributed by atoms with E-state index in [1.165, 1.54) is 5.56 Å². The molecule has 0 aliphatic heterocycles. The van der Waals surface area contributed by atoms with Crippen LogP contribution in [0.25, 0.3) is 10.6 Å². The molecular formula is C17H22N2O2S. The lowest BCUT2D eigenvalue weighted by Gasteiger charge is -2.14. The third-order valence-electron chi connectivity index (χ3n) is 3.44. The number of carbonyl (C=O) groups is 1. The van der Waals surface area contributed by atoms with Crippen LogP contribution in [-0.4, -0.2) is 28.6 Å². The smallest absolute Gasteiger partial charge is 0.226 e. The van der Waals surface area contributed by atoms with Gasteiger partial charge in [-0.1, -0.05) is 37.6 Å². The normalized spacial score (nSPS) is 12.4. The van der Waals surface area contributed by atoms with Crippen molar-refractivity contribution >= 4 is 17.2 Å². The van der Waals surface area contributed by atoms with Gasteiger partial charge in [0.15, 0.2) is 0 Å². The number of nitrogens with one attached hydrogen (secondary N) is 1. The van der Waals surface area contributed by atoms with Crippen molar-refractivity contribution in [2.45, 2.75) is 33.3 Å². The second-order valence-electron chi connectivity index (χ2n) is 5.81. The van der Waals surface area contributed by atoms with Crippen molar-refractivity contribution in [1.82, 2.24) is 10.3 Å². The standard InChI is InChI=1S/C17H22N2O2S/c1-11(2)15(20)9-18-16(21)8-14-10-22-17(19-14)13-6-4-5-12(3)7-13/h4-7,10-11,15,20H,8-9H2,1-3H3,(H,18,21). The maximum atomic E-state index is 11.9. The number of carbonyl (C=O) groups excluding carboxylic acids is 1. The van der Waals surface area contributed by atoms with Crippen molar-refractivity contribution in [2.75, 3.05) is 6.54 Å². The summed E-state index contributed by atoms with van der Waals surface area (Å²) >= 11 is 1.54. The highest BCUT2D eigenvalue weighted by Gasteiger charge is 2.12. The molecule has 0 radical (unpaired) electrons. The molecule has 1 atom stereocenters. The van der Waals surface area contributed by atoms with Gasteiger partial charge in [-0.3, -0.25) is 4.79 Å². The minimum atomic E-state index is -0.512. The first-order valence-corrected chi connectivity index (χ1v) is 8.30. The number of aryl methyl sites for hydroxylation is 1. The highest BCUT2D eigenvalue weighted by Crippen LogP contribution is 2.24. The van der Waals surface area contributed by atoms with E-state index in [-0.39, 0.29) is 24.8 Å². The number of hydrogen-bond acceptors (Lipinski definition) is 4. The van der Waals surface area contributed by atoms with Gasteiger partial charge in [0.2, 0.25) is 5.91 Å². The fourth-order valence-corrected chi connectivity index (χ4v) is 2.80. The molecule has 2 rings (SSSR count). The van der Waals surface area contributed by atoms with Gasteiger partial charge in [0, 0.05) is 17.5 Å². The van der Waals surface area contributed by atoms with Crippen LogP contribution in [0.3, 0.4) is 0 Å². The van der Waals surface area contributed by atoms with Gasteiger partial charge in [-0.25, -0.2) is 4.98 Å². The van der Waals surface area contributed by atoms with E-state index in [1.54, 1.807) is 11.3 Å². The van der Waals surface area contributed by atoms with Crippen LogP contribution in [0.4, 0.5) is 0 Å². The Bertz CT molecular complexity index is 637. The number of nitrogens with zero attached hydrogens (tertiary/aromatic N) is 1. The van der Waals surface area contributed by atoms with Gasteiger partial charge in [-0.15, -0.1) is 11.3 Å². The molecule has 2 aromatic rings. The molecule has 5 heteroatoms. The Labute approximate surface area is 135 Å². The van der Waals surface area contributed by atoms with Gasteiger partial charge in [0.25, 0.3) is 0 Å². The fourth-order valence-electron chi connectivity index (χ4n) is 1.98. The van der Waals surface area contributed by atoms with Crippen LogP contribution in [0, 0.1) is 12.8 Å². The van der Waals surface area contributed by atoms with Crippen LogP contribution >= 0.6 is 11.3 Å². The molecule has 0 aliphatic carbocycles. The Balaban J connectivity index is 1.93. The quantitative estimate of drug-likeness (QED) is 0.861. The Kier molecular flexibility index (Phi) is 5.69. The lowest BCUT2D eigenvalue weighted by Crippen LogP contribution is -2.35. The first-order valence-electron chi connectivity index (χ1n) is 7.42. The summed E-state index contributed by atoms with van der Waals surface area (Å²) in [5, 5.41) is 15.3. The van der Waals surface area contributed by atoms with Crippen molar-refractivity contribution in [3.05, 3.63) is 40.9 Å². The molecular weight excluding hydrogens is 296 g/mol. The van der Waals surface area contributed by atoms with E-state index in [0.29, 0.717) is 0 Å². The monoisotopic (exact) mass is 318 g/mol. The van der Waals surface area contributed by atoms with Gasteiger partial charge in [0.05, 0.1) is 18.2 Å². The highest BCUT2D eigenvalue weighted by atomic mass is 32.1. The van der Waals surface area contributed by atoms with Crippen LogP contribution in [0.15, 0.2) is 29.6 Å². The molecule has 1 aromatic heterocycles. The molecule has 1 heterocycles. The molecule has 0 bridgehead atoms. The number of thiazole rings is 1. The summed E-state index contributed by atoms with van der Waals surface area (Å²) in [6, 6.07) is 8.16. The minimum Gasteiger partial charge on any atom is -0.391 e. The van der Waals surface area contributed by atoms with E-state index >= 15 is 0 Å². The molecule has 118 valence electrons. The van der Waals surface area contributed by atoms with Gasteiger partial charge in [-0.05, 0) is 18.9 Å². The topological polar surface area (TPSA) is 62.2 Å². The van der Waals surface area contributed by atoms with Crippen molar-refractivity contribution in [3.8, 4) is 10.6 Å². The minimum absolute atomic E-state index is 0.110. The predicted octanol–water partition coefficient (Wildman–Crippen LogP) is 2.79. The van der Waals surface area contributed by atoms with Crippen molar-refractivity contribution < 1.29 is 9.90 Å². The summed E-state index contributed by atoms with van der Waals surface area (Å²) in [5.41, 5.74) is 3.03. The average molecular weight is 318 g/mol. The van der Waals surface area contributed by atoms with E-state index < -0.39 is 6.10 Å². The van der Waals surface area contributed by atoms with Crippen LogP contribution in [0.1, 0.15) is 25.1 Å². The predicted molar refractivity (Wildman–Crippen MR) is 89.8 cm³/mol. The van der Waals surface area contributed by atoms with Crippen LogP contribution < -0.4 is 5.32 Å². The second-order valence-corrected chi connectivity index (χ2v) is 6.66. The number of rotatable bonds is 6. The zero-order chi connectivity index (χ0) is 16.1. The maximum Gasteiger partial charge on any atom is 0.226 e. The van der Waals surface area contributed by atoms with Crippen molar-refractivity contribution in [2.24, 2.45) is 5.92 Å². The van der Waals surface area contributed by atoms with Gasteiger partial charge < -0.3 is 10.4 Å². The highest BCUT2D eigenvalue weighted by molar-refractivity contribution is 7.13. The lowest BCUT2D eigenvalue weighted by atomic mass is 10.1. The van der Waals surface area contributed by atoms with E-state index in [1.807, 2.05) is 44.4 Å². The molecule has 0 saturated heterocycles. The summed E-state index contributed by atoms with van der Waals surface area (Å²) < 4.78 is 0. The zero-order valence-electron chi connectivity index (χ0n) is 13.2. The number of amides is 1. The molecule has 0 fully saturated rings. The second kappa shape index (κ2) is 7.51. The Morgan fingerprint density at radius 3 is 2.86 bits per heavy atom. The van der Waals surface area contributed by atoms with E-state index in [0.717, 1.165) is 16.3 Å². The molecule has 0 saturated carbocycles. The number of aromatic nitrogens is 1. The van der Waals surface area contributed by atoms with Crippen LogP contribution in [0.2, 0.25) is 0 Å².